The molecule has 3 rings (SSSR count). The van der Waals surface area contributed by atoms with Crippen molar-refractivity contribution in [2.75, 3.05) is 37.4 Å². The summed E-state index contributed by atoms with van der Waals surface area (Å²) in [5, 5.41) is 2.69. The molecular weight excluding hydrogens is 411 g/mol. The second-order valence-electron chi connectivity index (χ2n) is 8.04. The van der Waals surface area contributed by atoms with Gasteiger partial charge in [0.25, 0.3) is 0 Å². The number of rotatable bonds is 5. The van der Waals surface area contributed by atoms with Gasteiger partial charge in [-0.2, -0.15) is 13.2 Å². The predicted molar refractivity (Wildman–Crippen MR) is 113 cm³/mol. The molecule has 10 heteroatoms. The van der Waals surface area contributed by atoms with Crippen LogP contribution in [0, 0.1) is 6.92 Å². The number of carbonyl (C=O) groups is 1. The number of aryl methyl sites for hydroxylation is 1. The number of aromatic amines is 1. The highest BCUT2D eigenvalue weighted by molar-refractivity contribution is 5.92. The van der Waals surface area contributed by atoms with Crippen molar-refractivity contribution in [3.05, 3.63) is 40.3 Å². The zero-order valence-electron chi connectivity index (χ0n) is 17.7. The summed E-state index contributed by atoms with van der Waals surface area (Å²) < 4.78 is 40.6. The fourth-order valence-corrected chi connectivity index (χ4v) is 3.77. The zero-order chi connectivity index (χ0) is 22.8. The minimum atomic E-state index is -4.39. The number of halogens is 3. The van der Waals surface area contributed by atoms with Gasteiger partial charge in [-0.3, -0.25) is 9.59 Å². The Morgan fingerprint density at radius 1 is 1.29 bits per heavy atom. The topological polar surface area (TPSA) is 81.3 Å². The SMILES string of the molecule is Cc1cnc(NC(=O)CN(C)C)cc1-c1cc(N2CCCC[C@@H]2C(F)(F)F)[nH]c(=O)c1. The van der Waals surface area contributed by atoms with Crippen LogP contribution in [0.15, 0.2) is 29.2 Å². The third-order valence-corrected chi connectivity index (χ3v) is 5.16. The molecule has 0 aliphatic carbocycles. The molecule has 2 aromatic rings. The highest BCUT2D eigenvalue weighted by Crippen LogP contribution is 2.35. The number of nitrogens with zero attached hydrogens (tertiary/aromatic N) is 3. The molecule has 1 fully saturated rings. The van der Waals surface area contributed by atoms with E-state index < -0.39 is 17.8 Å². The van der Waals surface area contributed by atoms with Gasteiger partial charge in [-0.15, -0.1) is 0 Å². The molecule has 3 heterocycles. The Morgan fingerprint density at radius 2 is 2.03 bits per heavy atom. The van der Waals surface area contributed by atoms with Crippen LogP contribution in [0.3, 0.4) is 0 Å². The average molecular weight is 437 g/mol. The lowest BCUT2D eigenvalue weighted by molar-refractivity contribution is -0.152. The molecular formula is C21H26F3N5O2. The van der Waals surface area contributed by atoms with Gasteiger partial charge in [-0.25, -0.2) is 4.98 Å². The van der Waals surface area contributed by atoms with Gasteiger partial charge in [0.2, 0.25) is 11.5 Å². The summed E-state index contributed by atoms with van der Waals surface area (Å²) in [4.78, 5) is 34.1. The minimum Gasteiger partial charge on any atom is -0.346 e. The Hall–Kier alpha value is -2.88. The van der Waals surface area contributed by atoms with Crippen molar-refractivity contribution in [1.29, 1.82) is 0 Å². The molecule has 2 N–H and O–H groups in total. The number of pyridine rings is 2. The third-order valence-electron chi connectivity index (χ3n) is 5.16. The summed E-state index contributed by atoms with van der Waals surface area (Å²) in [5.41, 5.74) is 1.32. The second-order valence-corrected chi connectivity index (χ2v) is 8.04. The Morgan fingerprint density at radius 3 is 2.71 bits per heavy atom. The van der Waals surface area contributed by atoms with Crippen LogP contribution in [0.1, 0.15) is 24.8 Å². The molecule has 0 spiro atoms. The lowest BCUT2D eigenvalue weighted by Gasteiger charge is -2.38. The number of hydrogen-bond donors (Lipinski definition) is 2. The first-order valence-electron chi connectivity index (χ1n) is 10.0. The number of likely N-dealkylation sites (N-methyl/N-ethyl adjacent to an activating group) is 1. The van der Waals surface area contributed by atoms with E-state index in [-0.39, 0.29) is 31.2 Å². The predicted octanol–water partition coefficient (Wildman–Crippen LogP) is 3.17. The number of hydrogen-bond acceptors (Lipinski definition) is 5. The Balaban J connectivity index is 1.97. The van der Waals surface area contributed by atoms with Crippen molar-refractivity contribution in [2.45, 2.75) is 38.4 Å². The fraction of sp³-hybridized carbons (Fsp3) is 0.476. The van der Waals surface area contributed by atoms with Crippen LogP contribution in [0.25, 0.3) is 11.1 Å². The monoisotopic (exact) mass is 437 g/mol. The largest absolute Gasteiger partial charge is 0.408 e. The van der Waals surface area contributed by atoms with Crippen molar-refractivity contribution in [1.82, 2.24) is 14.9 Å². The molecule has 1 atom stereocenters. The summed E-state index contributed by atoms with van der Waals surface area (Å²) in [6, 6.07) is 2.88. The van der Waals surface area contributed by atoms with E-state index in [0.29, 0.717) is 29.8 Å². The van der Waals surface area contributed by atoms with Crippen LogP contribution in [-0.4, -0.2) is 60.2 Å². The molecule has 2 aromatic heterocycles. The van der Waals surface area contributed by atoms with E-state index >= 15 is 0 Å². The summed E-state index contributed by atoms with van der Waals surface area (Å²) in [7, 11) is 3.53. The molecule has 1 amide bonds. The first kappa shape index (κ1) is 22.8. The number of aromatic nitrogens is 2. The van der Waals surface area contributed by atoms with Crippen molar-refractivity contribution in [2.24, 2.45) is 0 Å². The first-order chi connectivity index (χ1) is 14.5. The fourth-order valence-electron chi connectivity index (χ4n) is 3.77. The zero-order valence-corrected chi connectivity index (χ0v) is 17.7. The second kappa shape index (κ2) is 9.09. The summed E-state index contributed by atoms with van der Waals surface area (Å²) in [6.45, 7) is 2.17. The van der Waals surface area contributed by atoms with Gasteiger partial charge in [0.1, 0.15) is 17.7 Å². The van der Waals surface area contributed by atoms with Gasteiger partial charge in [0.15, 0.2) is 0 Å². The number of nitrogens with one attached hydrogen (secondary N) is 2. The number of alkyl halides is 3. The molecule has 0 bridgehead atoms. The average Bonchev–Trinajstić information content (AvgIpc) is 2.67. The summed E-state index contributed by atoms with van der Waals surface area (Å²) >= 11 is 0. The smallest absolute Gasteiger partial charge is 0.346 e. The van der Waals surface area contributed by atoms with E-state index in [1.807, 2.05) is 0 Å². The Kier molecular flexibility index (Phi) is 6.68. The van der Waals surface area contributed by atoms with Crippen LogP contribution in [0.4, 0.5) is 24.8 Å². The van der Waals surface area contributed by atoms with Crippen LogP contribution in [0.2, 0.25) is 0 Å². The van der Waals surface area contributed by atoms with E-state index in [9.17, 15) is 22.8 Å². The van der Waals surface area contributed by atoms with E-state index in [4.69, 9.17) is 0 Å². The maximum Gasteiger partial charge on any atom is 0.408 e. The maximum atomic E-state index is 13.5. The summed E-state index contributed by atoms with van der Waals surface area (Å²) in [6.07, 6.45) is -1.73. The van der Waals surface area contributed by atoms with Gasteiger partial charge in [0.05, 0.1) is 6.54 Å². The van der Waals surface area contributed by atoms with Crippen LogP contribution >= 0.6 is 0 Å². The van der Waals surface area contributed by atoms with Crippen molar-refractivity contribution >= 4 is 17.5 Å². The number of piperidine rings is 1. The molecule has 7 nitrogen and oxygen atoms in total. The van der Waals surface area contributed by atoms with Crippen molar-refractivity contribution in [3.63, 3.8) is 0 Å². The van der Waals surface area contributed by atoms with Crippen LogP contribution < -0.4 is 15.8 Å². The molecule has 0 radical (unpaired) electrons. The molecule has 1 aliphatic heterocycles. The lowest BCUT2D eigenvalue weighted by Crippen LogP contribution is -2.49. The van der Waals surface area contributed by atoms with Gasteiger partial charge < -0.3 is 20.1 Å². The highest BCUT2D eigenvalue weighted by Gasteiger charge is 2.45. The van der Waals surface area contributed by atoms with Crippen molar-refractivity contribution in [3.8, 4) is 11.1 Å². The number of H-pyrrole nitrogens is 1. The Bertz CT molecular complexity index is 1000. The third kappa shape index (κ3) is 5.63. The molecule has 1 saturated heterocycles. The maximum absolute atomic E-state index is 13.5. The molecule has 0 saturated carbocycles. The van der Waals surface area contributed by atoms with Crippen LogP contribution in [0.5, 0.6) is 0 Å². The minimum absolute atomic E-state index is 0.00784. The van der Waals surface area contributed by atoms with E-state index in [2.05, 4.69) is 15.3 Å². The Labute approximate surface area is 178 Å². The number of carbonyl (C=O) groups excluding carboxylic acids is 1. The van der Waals surface area contributed by atoms with Crippen molar-refractivity contribution < 1.29 is 18.0 Å². The van der Waals surface area contributed by atoms with E-state index in [0.717, 1.165) is 5.56 Å². The van der Waals surface area contributed by atoms with E-state index in [1.54, 1.807) is 44.2 Å². The normalized spacial score (nSPS) is 17.1. The molecule has 0 aromatic carbocycles. The standard InChI is InChI=1S/C21H26F3N5O2/c1-13-11-25-17(26-20(31)12-28(2)3)10-15(13)14-8-18(27-19(30)9-14)29-7-5-4-6-16(29)21(22,23)24/h8-11,16H,4-7,12H2,1-3H3,(H,27,30)(H,25,26,31)/t16-/m1/s1. The lowest BCUT2D eigenvalue weighted by atomic mass is 10.00. The first-order valence-corrected chi connectivity index (χ1v) is 10.0. The van der Waals surface area contributed by atoms with Gasteiger partial charge in [0, 0.05) is 18.8 Å². The highest BCUT2D eigenvalue weighted by atomic mass is 19.4. The van der Waals surface area contributed by atoms with Gasteiger partial charge in [-0.1, -0.05) is 0 Å². The quantitative estimate of drug-likeness (QED) is 0.751. The van der Waals surface area contributed by atoms with E-state index in [1.165, 1.54) is 11.0 Å². The van der Waals surface area contributed by atoms with Gasteiger partial charge in [-0.05, 0) is 69.1 Å². The molecule has 0 unspecified atom stereocenters. The number of amides is 1. The van der Waals surface area contributed by atoms with Crippen LogP contribution in [-0.2, 0) is 4.79 Å². The molecule has 31 heavy (non-hydrogen) atoms. The summed E-state index contributed by atoms with van der Waals surface area (Å²) in [5.74, 6) is 0.194. The van der Waals surface area contributed by atoms with Gasteiger partial charge >= 0.3 is 6.18 Å². The number of anilines is 2. The molecule has 168 valence electrons. The molecule has 1 aliphatic rings.